The van der Waals surface area contributed by atoms with Crippen LogP contribution in [0.25, 0.3) is 0 Å². The summed E-state index contributed by atoms with van der Waals surface area (Å²) in [6.07, 6.45) is 8.92. The van der Waals surface area contributed by atoms with Crippen molar-refractivity contribution in [1.82, 2.24) is 15.0 Å². The number of halogens is 1. The van der Waals surface area contributed by atoms with Gasteiger partial charge in [0.2, 0.25) is 0 Å². The van der Waals surface area contributed by atoms with E-state index in [9.17, 15) is 0 Å². The lowest BCUT2D eigenvalue weighted by Crippen LogP contribution is -2.41. The maximum atomic E-state index is 6.75. The zero-order valence-corrected chi connectivity index (χ0v) is 21.7. The summed E-state index contributed by atoms with van der Waals surface area (Å²) in [7, 11) is 0. The highest BCUT2D eigenvalue weighted by Gasteiger charge is 2.40. The van der Waals surface area contributed by atoms with Gasteiger partial charge in [0.05, 0.1) is 10.7 Å². The number of nitrogens with two attached hydrogens (primary N) is 1. The van der Waals surface area contributed by atoms with Crippen LogP contribution >= 0.6 is 23.4 Å². The van der Waals surface area contributed by atoms with Gasteiger partial charge in [-0.25, -0.2) is 15.0 Å². The Labute approximate surface area is 216 Å². The number of fused-ring (bicyclic) bond motifs is 1. The highest BCUT2D eigenvalue weighted by atomic mass is 35.5. The quantitative estimate of drug-likeness (QED) is 0.497. The molecular formula is C27H31ClN6S. The molecule has 182 valence electrons. The maximum absolute atomic E-state index is 6.75. The molecule has 3 aromatic rings. The van der Waals surface area contributed by atoms with E-state index in [-0.39, 0.29) is 0 Å². The summed E-state index contributed by atoms with van der Waals surface area (Å²) in [6.45, 7) is 6.01. The van der Waals surface area contributed by atoms with Crippen molar-refractivity contribution in [3.63, 3.8) is 0 Å². The molecule has 6 rings (SSSR count). The van der Waals surface area contributed by atoms with E-state index in [4.69, 9.17) is 27.3 Å². The number of aryl methyl sites for hydroxylation is 1. The summed E-state index contributed by atoms with van der Waals surface area (Å²) in [5.74, 6) is 2.22. The number of hydrogen-bond donors (Lipinski definition) is 1. The van der Waals surface area contributed by atoms with Crippen molar-refractivity contribution in [1.29, 1.82) is 0 Å². The molecule has 0 atom stereocenters. The van der Waals surface area contributed by atoms with Crippen molar-refractivity contribution >= 4 is 40.8 Å². The second-order valence-corrected chi connectivity index (χ2v) is 11.6. The smallest absolute Gasteiger partial charge is 0.158 e. The van der Waals surface area contributed by atoms with Crippen molar-refractivity contribution < 1.29 is 0 Å². The summed E-state index contributed by atoms with van der Waals surface area (Å²) in [5.41, 5.74) is 10.8. The van der Waals surface area contributed by atoms with Gasteiger partial charge in [-0.2, -0.15) is 0 Å². The van der Waals surface area contributed by atoms with Crippen LogP contribution in [0.2, 0.25) is 5.02 Å². The fraction of sp³-hybridized carbons (Fsp3) is 0.444. The number of rotatable bonds is 4. The topological polar surface area (TPSA) is 71.2 Å². The molecular weight excluding hydrogens is 476 g/mol. The molecule has 35 heavy (non-hydrogen) atoms. The zero-order chi connectivity index (χ0) is 24.0. The molecule has 2 aliphatic heterocycles. The molecule has 6 nitrogen and oxygen atoms in total. The van der Waals surface area contributed by atoms with Gasteiger partial charge in [0.15, 0.2) is 11.6 Å². The number of piperidine rings is 1. The van der Waals surface area contributed by atoms with E-state index in [1.165, 1.54) is 61.4 Å². The van der Waals surface area contributed by atoms with Gasteiger partial charge in [0, 0.05) is 37.3 Å². The first-order valence-corrected chi connectivity index (χ1v) is 13.7. The van der Waals surface area contributed by atoms with Gasteiger partial charge < -0.3 is 15.5 Å². The van der Waals surface area contributed by atoms with E-state index in [1.807, 2.05) is 19.2 Å². The van der Waals surface area contributed by atoms with Crippen LogP contribution in [-0.2, 0) is 12.8 Å². The second-order valence-electron chi connectivity index (χ2n) is 10.2. The fourth-order valence-corrected chi connectivity index (χ4v) is 7.14. The molecule has 8 heteroatoms. The highest BCUT2D eigenvalue weighted by molar-refractivity contribution is 7.99. The van der Waals surface area contributed by atoms with Crippen molar-refractivity contribution in [2.45, 2.75) is 55.4 Å². The lowest BCUT2D eigenvalue weighted by atomic mass is 9.76. The van der Waals surface area contributed by atoms with Crippen LogP contribution in [-0.4, -0.2) is 41.1 Å². The third kappa shape index (κ3) is 4.33. The Kier molecular flexibility index (Phi) is 6.01. The van der Waals surface area contributed by atoms with Crippen LogP contribution in [0.3, 0.4) is 0 Å². The lowest BCUT2D eigenvalue weighted by molar-refractivity contribution is 0.232. The highest BCUT2D eigenvalue weighted by Crippen LogP contribution is 2.45. The SMILES string of the molecule is Cc1nc(Sc2ccnc(N3CCCC3)c2Cl)c(N)nc1N1CCC2(CC1)Cc1ccccc1C2. The van der Waals surface area contributed by atoms with Crippen LogP contribution in [0.4, 0.5) is 17.5 Å². The summed E-state index contributed by atoms with van der Waals surface area (Å²) in [4.78, 5) is 19.8. The molecule has 2 N–H and O–H groups in total. The molecule has 0 saturated carbocycles. The number of benzene rings is 1. The van der Waals surface area contributed by atoms with Gasteiger partial charge in [-0.3, -0.25) is 0 Å². The van der Waals surface area contributed by atoms with Gasteiger partial charge in [0.25, 0.3) is 0 Å². The Morgan fingerprint density at radius 3 is 2.26 bits per heavy atom. The van der Waals surface area contributed by atoms with Gasteiger partial charge in [-0.05, 0) is 68.1 Å². The van der Waals surface area contributed by atoms with E-state index in [2.05, 4.69) is 39.0 Å². The molecule has 0 radical (unpaired) electrons. The molecule has 0 amide bonds. The van der Waals surface area contributed by atoms with Crippen LogP contribution in [0.5, 0.6) is 0 Å². The van der Waals surface area contributed by atoms with E-state index in [0.29, 0.717) is 21.3 Å². The van der Waals surface area contributed by atoms with E-state index in [1.54, 1.807) is 0 Å². The predicted molar refractivity (Wildman–Crippen MR) is 144 cm³/mol. The summed E-state index contributed by atoms with van der Waals surface area (Å²) in [6, 6.07) is 10.9. The Balaban J connectivity index is 1.17. The Morgan fingerprint density at radius 1 is 0.914 bits per heavy atom. The first-order valence-electron chi connectivity index (χ1n) is 12.5. The number of aromatic nitrogens is 3. The molecule has 3 aliphatic rings. The number of anilines is 3. The molecule has 4 heterocycles. The molecule has 1 aliphatic carbocycles. The number of pyridine rings is 1. The normalized spacial score (nSPS) is 18.9. The van der Waals surface area contributed by atoms with Gasteiger partial charge in [-0.1, -0.05) is 47.6 Å². The number of nitrogen functional groups attached to an aromatic ring is 1. The number of hydrogen-bond acceptors (Lipinski definition) is 7. The van der Waals surface area contributed by atoms with Crippen LogP contribution in [0, 0.1) is 12.3 Å². The third-order valence-electron chi connectivity index (χ3n) is 7.86. The summed E-state index contributed by atoms with van der Waals surface area (Å²) >= 11 is 8.23. The largest absolute Gasteiger partial charge is 0.381 e. The maximum Gasteiger partial charge on any atom is 0.158 e. The zero-order valence-electron chi connectivity index (χ0n) is 20.1. The molecule has 2 saturated heterocycles. The van der Waals surface area contributed by atoms with Crippen molar-refractivity contribution in [2.24, 2.45) is 5.41 Å². The molecule has 2 aromatic heterocycles. The van der Waals surface area contributed by atoms with Crippen molar-refractivity contribution in [3.05, 3.63) is 58.4 Å². The van der Waals surface area contributed by atoms with E-state index < -0.39 is 0 Å². The minimum absolute atomic E-state index is 0.397. The standard InChI is InChI=1S/C27H31ClN6S/c1-18-24(34-14-9-27(10-15-34)16-19-6-2-3-7-20(19)17-27)32-23(29)26(31-18)35-21-8-11-30-25(22(21)28)33-12-4-5-13-33/h2-3,6-8,11H,4-5,9-10,12-17H2,1H3,(H2,29,32). The molecule has 1 aromatic carbocycles. The third-order valence-corrected chi connectivity index (χ3v) is 9.40. The van der Waals surface area contributed by atoms with Crippen LogP contribution in [0.15, 0.2) is 46.5 Å². The van der Waals surface area contributed by atoms with Crippen molar-refractivity contribution in [2.75, 3.05) is 41.7 Å². The Morgan fingerprint density at radius 2 is 1.57 bits per heavy atom. The van der Waals surface area contributed by atoms with Gasteiger partial charge >= 0.3 is 0 Å². The second kappa shape index (κ2) is 9.17. The monoisotopic (exact) mass is 506 g/mol. The van der Waals surface area contributed by atoms with E-state index in [0.717, 1.165) is 48.4 Å². The predicted octanol–water partition coefficient (Wildman–Crippen LogP) is 5.55. The summed E-state index contributed by atoms with van der Waals surface area (Å²) < 4.78 is 0. The average molecular weight is 507 g/mol. The Bertz CT molecular complexity index is 1220. The molecule has 2 fully saturated rings. The minimum atomic E-state index is 0.397. The minimum Gasteiger partial charge on any atom is -0.381 e. The molecule has 0 bridgehead atoms. The summed E-state index contributed by atoms with van der Waals surface area (Å²) in [5, 5.41) is 1.37. The van der Waals surface area contributed by atoms with E-state index >= 15 is 0 Å². The average Bonchev–Trinajstić information content (AvgIpc) is 3.51. The molecule has 1 spiro atoms. The van der Waals surface area contributed by atoms with Crippen LogP contribution in [0.1, 0.15) is 42.5 Å². The first-order chi connectivity index (χ1) is 17.0. The van der Waals surface area contributed by atoms with Crippen molar-refractivity contribution in [3.8, 4) is 0 Å². The fourth-order valence-electron chi connectivity index (χ4n) is 5.94. The lowest BCUT2D eigenvalue weighted by Gasteiger charge is -2.40. The van der Waals surface area contributed by atoms with Crippen LogP contribution < -0.4 is 15.5 Å². The first kappa shape index (κ1) is 22.9. The van der Waals surface area contributed by atoms with Gasteiger partial charge in [0.1, 0.15) is 10.8 Å². The Hall–Kier alpha value is -2.51. The number of nitrogens with zero attached hydrogens (tertiary/aromatic N) is 5. The molecule has 0 unspecified atom stereocenters. The van der Waals surface area contributed by atoms with Gasteiger partial charge in [-0.15, -0.1) is 0 Å².